The van der Waals surface area contributed by atoms with Gasteiger partial charge in [-0.15, -0.1) is 0 Å². The molecule has 3 nitrogen and oxygen atoms in total. The number of benzene rings is 1. The minimum absolute atomic E-state index is 0.0827. The van der Waals surface area contributed by atoms with Crippen LogP contribution >= 0.6 is 0 Å². The normalized spacial score (nSPS) is 11.4. The number of amides is 1. The molecule has 0 atom stereocenters. The molecule has 0 heterocycles. The van der Waals surface area contributed by atoms with Crippen LogP contribution in [0.5, 0.6) is 0 Å². The van der Waals surface area contributed by atoms with Gasteiger partial charge in [-0.1, -0.05) is 32.0 Å². The SMILES string of the molecule is Cc1ccc(CCNC(=O)CC(C)(C)CN)cc1C. The highest BCUT2D eigenvalue weighted by Gasteiger charge is 2.19. The quantitative estimate of drug-likeness (QED) is 0.826. The molecular weight excluding hydrogens is 236 g/mol. The maximum Gasteiger partial charge on any atom is 0.220 e. The van der Waals surface area contributed by atoms with Crippen molar-refractivity contribution in [2.24, 2.45) is 11.1 Å². The third kappa shape index (κ3) is 5.43. The van der Waals surface area contributed by atoms with Crippen LogP contribution < -0.4 is 11.1 Å². The van der Waals surface area contributed by atoms with Crippen LogP contribution in [0.3, 0.4) is 0 Å². The molecule has 0 aromatic heterocycles. The number of aryl methyl sites for hydroxylation is 2. The van der Waals surface area contributed by atoms with Crippen molar-refractivity contribution in [3.8, 4) is 0 Å². The van der Waals surface area contributed by atoms with Gasteiger partial charge in [-0.3, -0.25) is 4.79 Å². The van der Waals surface area contributed by atoms with Crippen molar-refractivity contribution in [3.63, 3.8) is 0 Å². The second-order valence-electron chi connectivity index (χ2n) is 6.06. The van der Waals surface area contributed by atoms with E-state index in [1.807, 2.05) is 13.8 Å². The first kappa shape index (κ1) is 15.7. The molecule has 0 saturated heterocycles. The molecule has 0 fully saturated rings. The Morgan fingerprint density at radius 2 is 1.95 bits per heavy atom. The van der Waals surface area contributed by atoms with Crippen LogP contribution in [0.1, 0.15) is 37.0 Å². The van der Waals surface area contributed by atoms with Gasteiger partial charge in [0.2, 0.25) is 5.91 Å². The van der Waals surface area contributed by atoms with Crippen molar-refractivity contribution < 1.29 is 4.79 Å². The van der Waals surface area contributed by atoms with Crippen LogP contribution in [0.15, 0.2) is 18.2 Å². The number of rotatable bonds is 6. The molecule has 1 aromatic rings. The van der Waals surface area contributed by atoms with Crippen LogP contribution in [0.25, 0.3) is 0 Å². The number of hydrogen-bond acceptors (Lipinski definition) is 2. The number of nitrogens with two attached hydrogens (primary N) is 1. The van der Waals surface area contributed by atoms with Crippen molar-refractivity contribution in [1.29, 1.82) is 0 Å². The molecule has 0 aliphatic heterocycles. The highest BCUT2D eigenvalue weighted by Crippen LogP contribution is 2.17. The largest absolute Gasteiger partial charge is 0.356 e. The number of nitrogens with one attached hydrogen (secondary N) is 1. The summed E-state index contributed by atoms with van der Waals surface area (Å²) < 4.78 is 0. The standard InChI is InChI=1S/C16H26N2O/c1-12-5-6-14(9-13(12)2)7-8-18-15(19)10-16(3,4)11-17/h5-6,9H,7-8,10-11,17H2,1-4H3,(H,18,19). The molecular formula is C16H26N2O. The highest BCUT2D eigenvalue weighted by atomic mass is 16.1. The monoisotopic (exact) mass is 262 g/mol. The van der Waals surface area contributed by atoms with Crippen molar-refractivity contribution in [2.45, 2.75) is 40.5 Å². The van der Waals surface area contributed by atoms with Crippen molar-refractivity contribution in [2.75, 3.05) is 13.1 Å². The average molecular weight is 262 g/mol. The van der Waals surface area contributed by atoms with Gasteiger partial charge < -0.3 is 11.1 Å². The summed E-state index contributed by atoms with van der Waals surface area (Å²) in [5.74, 6) is 0.0827. The Kier molecular flexibility index (Phi) is 5.55. The number of carbonyl (C=O) groups is 1. The second kappa shape index (κ2) is 6.71. The number of hydrogen-bond donors (Lipinski definition) is 2. The van der Waals surface area contributed by atoms with E-state index in [1.54, 1.807) is 0 Å². The summed E-state index contributed by atoms with van der Waals surface area (Å²) in [6, 6.07) is 6.44. The maximum atomic E-state index is 11.8. The molecule has 1 aromatic carbocycles. The summed E-state index contributed by atoms with van der Waals surface area (Å²) in [7, 11) is 0. The first-order valence-electron chi connectivity index (χ1n) is 6.87. The minimum Gasteiger partial charge on any atom is -0.356 e. The van der Waals surface area contributed by atoms with Gasteiger partial charge >= 0.3 is 0 Å². The van der Waals surface area contributed by atoms with Gasteiger partial charge in [-0.25, -0.2) is 0 Å². The molecule has 0 unspecified atom stereocenters. The summed E-state index contributed by atoms with van der Waals surface area (Å²) in [6.07, 6.45) is 1.35. The molecule has 0 bridgehead atoms. The van der Waals surface area contributed by atoms with Crippen molar-refractivity contribution in [1.82, 2.24) is 5.32 Å². The van der Waals surface area contributed by atoms with Gasteiger partial charge in [-0.2, -0.15) is 0 Å². The second-order valence-corrected chi connectivity index (χ2v) is 6.06. The van der Waals surface area contributed by atoms with Crippen LogP contribution in [-0.2, 0) is 11.2 Å². The molecule has 3 N–H and O–H groups in total. The molecule has 106 valence electrons. The van der Waals surface area contributed by atoms with Crippen molar-refractivity contribution >= 4 is 5.91 Å². The predicted octanol–water partition coefficient (Wildman–Crippen LogP) is 2.34. The Hall–Kier alpha value is -1.35. The Morgan fingerprint density at radius 1 is 1.26 bits per heavy atom. The van der Waals surface area contributed by atoms with Crippen LogP contribution in [-0.4, -0.2) is 19.0 Å². The lowest BCUT2D eigenvalue weighted by Gasteiger charge is -2.21. The fourth-order valence-corrected chi connectivity index (χ4v) is 1.87. The van der Waals surface area contributed by atoms with E-state index in [1.165, 1.54) is 16.7 Å². The van der Waals surface area contributed by atoms with E-state index >= 15 is 0 Å². The minimum atomic E-state index is -0.121. The van der Waals surface area contributed by atoms with E-state index in [-0.39, 0.29) is 11.3 Å². The molecule has 0 radical (unpaired) electrons. The third-order valence-electron chi connectivity index (χ3n) is 3.50. The van der Waals surface area contributed by atoms with E-state index in [2.05, 4.69) is 37.4 Å². The Morgan fingerprint density at radius 3 is 2.53 bits per heavy atom. The molecule has 1 amide bonds. The van der Waals surface area contributed by atoms with Crippen LogP contribution in [0.2, 0.25) is 0 Å². The van der Waals surface area contributed by atoms with Gasteiger partial charge in [0.05, 0.1) is 0 Å². The van der Waals surface area contributed by atoms with E-state index in [0.29, 0.717) is 19.5 Å². The lowest BCUT2D eigenvalue weighted by molar-refractivity contribution is -0.122. The average Bonchev–Trinajstić information content (AvgIpc) is 2.33. The predicted molar refractivity (Wildman–Crippen MR) is 80.1 cm³/mol. The summed E-state index contributed by atoms with van der Waals surface area (Å²) in [5.41, 5.74) is 9.37. The molecule has 0 saturated carbocycles. The number of carbonyl (C=O) groups excluding carboxylic acids is 1. The van der Waals surface area contributed by atoms with Gasteiger partial charge in [0.15, 0.2) is 0 Å². The first-order valence-corrected chi connectivity index (χ1v) is 6.87. The Labute approximate surface area is 116 Å². The summed E-state index contributed by atoms with van der Waals surface area (Å²) in [6.45, 7) is 9.45. The molecule has 0 aliphatic carbocycles. The molecule has 0 aliphatic rings. The van der Waals surface area contributed by atoms with E-state index in [0.717, 1.165) is 6.42 Å². The van der Waals surface area contributed by atoms with Crippen LogP contribution in [0.4, 0.5) is 0 Å². The van der Waals surface area contributed by atoms with Crippen LogP contribution in [0, 0.1) is 19.3 Å². The smallest absolute Gasteiger partial charge is 0.220 e. The Balaban J connectivity index is 2.38. The van der Waals surface area contributed by atoms with Crippen molar-refractivity contribution in [3.05, 3.63) is 34.9 Å². The highest BCUT2D eigenvalue weighted by molar-refractivity contribution is 5.76. The maximum absolute atomic E-state index is 11.8. The lowest BCUT2D eigenvalue weighted by Crippen LogP contribution is -2.33. The summed E-state index contributed by atoms with van der Waals surface area (Å²) in [4.78, 5) is 11.8. The zero-order valence-corrected chi connectivity index (χ0v) is 12.5. The van der Waals surface area contributed by atoms with E-state index < -0.39 is 0 Å². The molecule has 0 spiro atoms. The van der Waals surface area contributed by atoms with Gasteiger partial charge in [-0.05, 0) is 48.9 Å². The fraction of sp³-hybridized carbons (Fsp3) is 0.562. The zero-order chi connectivity index (χ0) is 14.5. The summed E-state index contributed by atoms with van der Waals surface area (Å²) >= 11 is 0. The molecule has 3 heteroatoms. The molecule has 19 heavy (non-hydrogen) atoms. The van der Waals surface area contributed by atoms with E-state index in [9.17, 15) is 4.79 Å². The zero-order valence-electron chi connectivity index (χ0n) is 12.5. The molecule has 1 rings (SSSR count). The van der Waals surface area contributed by atoms with Gasteiger partial charge in [0.1, 0.15) is 0 Å². The fourth-order valence-electron chi connectivity index (χ4n) is 1.87. The van der Waals surface area contributed by atoms with Gasteiger partial charge in [0.25, 0.3) is 0 Å². The topological polar surface area (TPSA) is 55.1 Å². The third-order valence-corrected chi connectivity index (χ3v) is 3.50. The Bertz CT molecular complexity index is 438. The summed E-state index contributed by atoms with van der Waals surface area (Å²) in [5, 5.41) is 2.96. The van der Waals surface area contributed by atoms with E-state index in [4.69, 9.17) is 5.73 Å². The van der Waals surface area contributed by atoms with Gasteiger partial charge in [0, 0.05) is 13.0 Å². The first-order chi connectivity index (χ1) is 8.84. The lowest BCUT2D eigenvalue weighted by atomic mass is 9.89.